The van der Waals surface area contributed by atoms with Crippen LogP contribution in [0.25, 0.3) is 0 Å². The molecule has 0 saturated heterocycles. The minimum atomic E-state index is -0.556. The zero-order valence-corrected chi connectivity index (χ0v) is 15.0. The van der Waals surface area contributed by atoms with Crippen LogP contribution in [0, 0.1) is 6.92 Å². The Hall–Kier alpha value is -0.796. The Balaban J connectivity index is 0.000000677. The molecule has 1 N–H and O–H groups in total. The molecule has 5 heteroatoms. The van der Waals surface area contributed by atoms with Crippen molar-refractivity contribution in [2.45, 2.75) is 20.3 Å². The quantitative estimate of drug-likeness (QED) is 0.579. The van der Waals surface area contributed by atoms with Gasteiger partial charge in [-0.3, -0.25) is 4.99 Å². The van der Waals surface area contributed by atoms with Crippen molar-refractivity contribution in [3.05, 3.63) is 59.2 Å². The minimum absolute atomic E-state index is 0.336. The predicted octanol–water partition coefficient (Wildman–Crippen LogP) is 5.39. The number of benzene rings is 2. The second-order valence-electron chi connectivity index (χ2n) is 4.38. The first-order valence-electron chi connectivity index (χ1n) is 6.50. The van der Waals surface area contributed by atoms with E-state index in [0.29, 0.717) is 5.75 Å². The SMILES string of the molecule is CCc1cc(C)cc(C=Nc2ccccc2)c1O.[Cl][Ti][Cl]. The predicted molar refractivity (Wildman–Crippen MR) is 87.6 cm³/mol. The van der Waals surface area contributed by atoms with E-state index in [9.17, 15) is 5.11 Å². The molecule has 0 bridgehead atoms. The Morgan fingerprint density at radius 1 is 1.19 bits per heavy atom. The normalized spacial score (nSPS) is 10.1. The van der Waals surface area contributed by atoms with Crippen LogP contribution in [0.4, 0.5) is 5.69 Å². The molecule has 0 aliphatic rings. The summed E-state index contributed by atoms with van der Waals surface area (Å²) in [6.07, 6.45) is 2.54. The van der Waals surface area contributed by atoms with Gasteiger partial charge in [0.05, 0.1) is 5.69 Å². The molecule has 0 spiro atoms. The maximum absolute atomic E-state index is 10.1. The van der Waals surface area contributed by atoms with Gasteiger partial charge < -0.3 is 5.11 Å². The molecule has 2 aromatic carbocycles. The van der Waals surface area contributed by atoms with Crippen LogP contribution in [0.2, 0.25) is 0 Å². The van der Waals surface area contributed by atoms with Gasteiger partial charge in [0.2, 0.25) is 0 Å². The van der Waals surface area contributed by atoms with E-state index in [1.54, 1.807) is 6.21 Å². The van der Waals surface area contributed by atoms with E-state index in [0.717, 1.165) is 28.8 Å². The van der Waals surface area contributed by atoms with Gasteiger partial charge in [0.15, 0.2) is 0 Å². The number of aryl methyl sites for hydroxylation is 2. The van der Waals surface area contributed by atoms with E-state index in [4.69, 9.17) is 18.6 Å². The van der Waals surface area contributed by atoms with E-state index < -0.39 is 17.0 Å². The van der Waals surface area contributed by atoms with Crippen LogP contribution in [-0.2, 0) is 23.5 Å². The first-order chi connectivity index (χ1) is 10.1. The van der Waals surface area contributed by atoms with Gasteiger partial charge in [-0.25, -0.2) is 0 Å². The topological polar surface area (TPSA) is 32.6 Å². The molecule has 0 aliphatic carbocycles. The third-order valence-electron chi connectivity index (χ3n) is 2.85. The second kappa shape index (κ2) is 10.0. The summed E-state index contributed by atoms with van der Waals surface area (Å²) in [6, 6.07) is 13.7. The first-order valence-corrected chi connectivity index (χ1v) is 10.8. The number of halogens is 2. The van der Waals surface area contributed by atoms with E-state index in [1.807, 2.05) is 56.3 Å². The van der Waals surface area contributed by atoms with E-state index in [1.165, 1.54) is 0 Å². The second-order valence-corrected chi connectivity index (χ2v) is 6.96. The number of para-hydroxylation sites is 1. The molecule has 2 rings (SSSR count). The van der Waals surface area contributed by atoms with Crippen molar-refractivity contribution >= 4 is 30.5 Å². The molecule has 0 radical (unpaired) electrons. The summed E-state index contributed by atoms with van der Waals surface area (Å²) < 4.78 is 0. The Bertz CT molecular complexity index is 588. The van der Waals surface area contributed by atoms with Crippen LogP contribution in [0.15, 0.2) is 47.5 Å². The Kier molecular flexibility index (Phi) is 8.71. The van der Waals surface area contributed by atoms with Gasteiger partial charge in [0, 0.05) is 11.8 Å². The molecule has 0 amide bonds. The van der Waals surface area contributed by atoms with E-state index in [2.05, 4.69) is 4.99 Å². The molecule has 0 aliphatic heterocycles. The van der Waals surface area contributed by atoms with Gasteiger partial charge in [-0.05, 0) is 42.7 Å². The van der Waals surface area contributed by atoms with Crippen molar-refractivity contribution in [3.8, 4) is 5.75 Å². The van der Waals surface area contributed by atoms with Gasteiger partial charge in [0.1, 0.15) is 5.75 Å². The average molecular weight is 358 g/mol. The first kappa shape index (κ1) is 18.3. The molecule has 2 nitrogen and oxygen atoms in total. The number of phenols is 1. The van der Waals surface area contributed by atoms with Gasteiger partial charge >= 0.3 is 35.6 Å². The van der Waals surface area contributed by atoms with Crippen molar-refractivity contribution in [1.29, 1.82) is 0 Å². The fourth-order valence-corrected chi connectivity index (χ4v) is 1.91. The summed E-state index contributed by atoms with van der Waals surface area (Å²) in [7, 11) is 9.78. The van der Waals surface area contributed by atoms with Crippen LogP contribution in [0.5, 0.6) is 5.75 Å². The monoisotopic (exact) mass is 357 g/mol. The van der Waals surface area contributed by atoms with Gasteiger partial charge in [-0.15, -0.1) is 0 Å². The summed E-state index contributed by atoms with van der Waals surface area (Å²) in [4.78, 5) is 4.37. The number of hydrogen-bond donors (Lipinski definition) is 1. The molecule has 0 aromatic heterocycles. The fourth-order valence-electron chi connectivity index (χ4n) is 1.91. The third-order valence-corrected chi connectivity index (χ3v) is 2.85. The number of rotatable bonds is 3. The molecular formula is C16H17Cl2NOTi. The summed E-state index contributed by atoms with van der Waals surface area (Å²) in [5, 5.41) is 10.1. The molecule has 0 atom stereocenters. The van der Waals surface area contributed by atoms with Crippen molar-refractivity contribution in [2.75, 3.05) is 0 Å². The summed E-state index contributed by atoms with van der Waals surface area (Å²) in [5.41, 5.74) is 3.76. The van der Waals surface area contributed by atoms with Crippen molar-refractivity contribution in [1.82, 2.24) is 0 Å². The average Bonchev–Trinajstić information content (AvgIpc) is 2.49. The van der Waals surface area contributed by atoms with Crippen molar-refractivity contribution < 1.29 is 22.1 Å². The van der Waals surface area contributed by atoms with Gasteiger partial charge in [-0.2, -0.15) is 0 Å². The van der Waals surface area contributed by atoms with E-state index in [-0.39, 0.29) is 0 Å². The molecule has 110 valence electrons. The van der Waals surface area contributed by atoms with E-state index >= 15 is 0 Å². The molecule has 0 saturated carbocycles. The van der Waals surface area contributed by atoms with Gasteiger partial charge in [0.25, 0.3) is 0 Å². The number of hydrogen-bond acceptors (Lipinski definition) is 2. The fraction of sp³-hybridized carbons (Fsp3) is 0.188. The van der Waals surface area contributed by atoms with Crippen LogP contribution in [0.1, 0.15) is 23.6 Å². The zero-order valence-electron chi connectivity index (χ0n) is 12.0. The van der Waals surface area contributed by atoms with Crippen LogP contribution >= 0.6 is 18.6 Å². The Morgan fingerprint density at radius 2 is 1.81 bits per heavy atom. The number of aliphatic imine (C=N–C) groups is 1. The Morgan fingerprint density at radius 3 is 2.38 bits per heavy atom. The molecule has 0 heterocycles. The van der Waals surface area contributed by atoms with Crippen molar-refractivity contribution in [2.24, 2.45) is 4.99 Å². The summed E-state index contributed by atoms with van der Waals surface area (Å²) in [5.74, 6) is 0.336. The van der Waals surface area contributed by atoms with Crippen LogP contribution in [-0.4, -0.2) is 11.3 Å². The van der Waals surface area contributed by atoms with Crippen LogP contribution in [0.3, 0.4) is 0 Å². The zero-order chi connectivity index (χ0) is 15.7. The third kappa shape index (κ3) is 6.23. The standard InChI is InChI=1S/C16H17NO.2ClH.Ti/c1-3-13-9-12(2)10-14(16(13)18)11-17-15-7-5-4-6-8-15;;;/h4-11,18H,3H2,1-2H3;2*1H;/q;;;+2/p-2. The molecular weight excluding hydrogens is 341 g/mol. The molecule has 21 heavy (non-hydrogen) atoms. The number of aromatic hydroxyl groups is 1. The maximum atomic E-state index is 10.1. The summed E-state index contributed by atoms with van der Waals surface area (Å²) >= 11 is -0.556. The Labute approximate surface area is 142 Å². The van der Waals surface area contributed by atoms with Crippen molar-refractivity contribution in [3.63, 3.8) is 0 Å². The van der Waals surface area contributed by atoms with Crippen LogP contribution < -0.4 is 0 Å². The number of phenolic OH excluding ortho intramolecular Hbond substituents is 1. The van der Waals surface area contributed by atoms with Gasteiger partial charge in [-0.1, -0.05) is 31.2 Å². The number of nitrogens with zero attached hydrogens (tertiary/aromatic N) is 1. The summed E-state index contributed by atoms with van der Waals surface area (Å²) in [6.45, 7) is 4.06. The molecule has 2 aromatic rings. The molecule has 0 fully saturated rings. The molecule has 0 unspecified atom stereocenters.